The standard InChI is InChI=1S/C27H44O4/c1-17(2)24(28)13-8-18(3)22-11-12-23-20(7-6-14-26(22,23)5)9-10-21-15-27(30,31)16-25(29)19(21)4/h9-10,17-18,22-25,28-31H,4,6-8,11-16H2,1-3,5H3/b20-9?,21-10-/t18-,22-,23?,24?,25-,26-/m1/s1. The molecule has 31 heavy (non-hydrogen) atoms. The molecule has 3 fully saturated rings. The molecule has 4 heteroatoms. The van der Waals surface area contributed by atoms with Crippen molar-refractivity contribution in [2.24, 2.45) is 29.1 Å². The van der Waals surface area contributed by atoms with Gasteiger partial charge >= 0.3 is 0 Å². The van der Waals surface area contributed by atoms with E-state index < -0.39 is 11.9 Å². The molecule has 0 bridgehead atoms. The Hall–Kier alpha value is -0.940. The van der Waals surface area contributed by atoms with Crippen LogP contribution in [0.5, 0.6) is 0 Å². The largest absolute Gasteiger partial charge is 0.393 e. The van der Waals surface area contributed by atoms with Crippen molar-refractivity contribution in [3.05, 3.63) is 35.5 Å². The van der Waals surface area contributed by atoms with E-state index in [-0.39, 0.29) is 18.9 Å². The van der Waals surface area contributed by atoms with Crippen LogP contribution < -0.4 is 0 Å². The lowest BCUT2D eigenvalue weighted by molar-refractivity contribution is -0.181. The van der Waals surface area contributed by atoms with Crippen LogP contribution in [0.3, 0.4) is 0 Å². The van der Waals surface area contributed by atoms with Crippen molar-refractivity contribution >= 4 is 0 Å². The molecule has 3 aliphatic carbocycles. The summed E-state index contributed by atoms with van der Waals surface area (Å²) in [4.78, 5) is 0. The first kappa shape index (κ1) is 24.7. The van der Waals surface area contributed by atoms with Gasteiger partial charge in [0.25, 0.3) is 0 Å². The number of hydrogen-bond donors (Lipinski definition) is 4. The highest BCUT2D eigenvalue weighted by Crippen LogP contribution is 2.60. The molecule has 3 rings (SSSR count). The Morgan fingerprint density at radius 1 is 1.13 bits per heavy atom. The summed E-state index contributed by atoms with van der Waals surface area (Å²) in [7, 11) is 0. The van der Waals surface area contributed by atoms with E-state index in [1.54, 1.807) is 0 Å². The summed E-state index contributed by atoms with van der Waals surface area (Å²) in [6, 6.07) is 0. The molecular formula is C27H44O4. The van der Waals surface area contributed by atoms with Crippen molar-refractivity contribution in [1.82, 2.24) is 0 Å². The molecule has 6 atom stereocenters. The van der Waals surface area contributed by atoms with Crippen LogP contribution in [-0.4, -0.2) is 38.4 Å². The number of aliphatic hydroxyl groups is 4. The lowest BCUT2D eigenvalue weighted by Gasteiger charge is -2.44. The highest BCUT2D eigenvalue weighted by molar-refractivity contribution is 5.39. The smallest absolute Gasteiger partial charge is 0.169 e. The molecule has 0 aliphatic heterocycles. The zero-order chi connectivity index (χ0) is 23.0. The number of rotatable bonds is 6. The number of hydrogen-bond acceptors (Lipinski definition) is 4. The Kier molecular flexibility index (Phi) is 7.57. The minimum Gasteiger partial charge on any atom is -0.393 e. The molecule has 2 unspecified atom stereocenters. The molecule has 4 N–H and O–H groups in total. The van der Waals surface area contributed by atoms with Gasteiger partial charge in [-0.05, 0) is 85.2 Å². The maximum atomic E-state index is 10.3. The monoisotopic (exact) mass is 432 g/mol. The van der Waals surface area contributed by atoms with Crippen LogP contribution in [0.2, 0.25) is 0 Å². The second kappa shape index (κ2) is 9.51. The van der Waals surface area contributed by atoms with Crippen LogP contribution >= 0.6 is 0 Å². The summed E-state index contributed by atoms with van der Waals surface area (Å²) in [6.45, 7) is 13.0. The van der Waals surface area contributed by atoms with Crippen molar-refractivity contribution in [3.8, 4) is 0 Å². The van der Waals surface area contributed by atoms with Crippen molar-refractivity contribution in [2.45, 2.75) is 103 Å². The Labute approximate surface area is 188 Å². The van der Waals surface area contributed by atoms with E-state index in [0.717, 1.165) is 24.8 Å². The molecule has 0 aromatic carbocycles. The van der Waals surface area contributed by atoms with Crippen molar-refractivity contribution < 1.29 is 20.4 Å². The maximum absolute atomic E-state index is 10.3. The third-order valence-electron chi connectivity index (χ3n) is 8.72. The highest BCUT2D eigenvalue weighted by atomic mass is 16.5. The molecule has 3 saturated carbocycles. The van der Waals surface area contributed by atoms with Gasteiger partial charge < -0.3 is 20.4 Å². The van der Waals surface area contributed by atoms with Crippen LogP contribution in [0.4, 0.5) is 0 Å². The Balaban J connectivity index is 1.74. The summed E-state index contributed by atoms with van der Waals surface area (Å²) < 4.78 is 0. The van der Waals surface area contributed by atoms with Gasteiger partial charge in [-0.25, -0.2) is 0 Å². The third-order valence-corrected chi connectivity index (χ3v) is 8.72. The van der Waals surface area contributed by atoms with Crippen LogP contribution in [-0.2, 0) is 0 Å². The lowest BCUT2D eigenvalue weighted by atomic mass is 9.60. The van der Waals surface area contributed by atoms with Crippen molar-refractivity contribution in [2.75, 3.05) is 0 Å². The van der Waals surface area contributed by atoms with Crippen LogP contribution in [0.25, 0.3) is 0 Å². The van der Waals surface area contributed by atoms with Gasteiger partial charge in [0.1, 0.15) is 0 Å². The van der Waals surface area contributed by atoms with E-state index in [0.29, 0.717) is 34.7 Å². The first-order valence-electron chi connectivity index (χ1n) is 12.3. The number of fused-ring (bicyclic) bond motifs is 1. The van der Waals surface area contributed by atoms with Crippen LogP contribution in [0.1, 0.15) is 85.5 Å². The molecule has 0 spiro atoms. The van der Waals surface area contributed by atoms with Gasteiger partial charge in [0.15, 0.2) is 5.79 Å². The van der Waals surface area contributed by atoms with E-state index in [1.807, 2.05) is 6.08 Å². The van der Waals surface area contributed by atoms with E-state index in [9.17, 15) is 20.4 Å². The van der Waals surface area contributed by atoms with Crippen molar-refractivity contribution in [3.63, 3.8) is 0 Å². The van der Waals surface area contributed by atoms with Crippen LogP contribution in [0.15, 0.2) is 35.5 Å². The first-order chi connectivity index (χ1) is 14.4. The molecular weight excluding hydrogens is 388 g/mol. The molecule has 0 heterocycles. The summed E-state index contributed by atoms with van der Waals surface area (Å²) >= 11 is 0. The number of allylic oxidation sites excluding steroid dienone is 3. The van der Waals surface area contributed by atoms with E-state index in [2.05, 4.69) is 40.3 Å². The minimum atomic E-state index is -1.86. The molecule has 0 radical (unpaired) electrons. The average Bonchev–Trinajstić information content (AvgIpc) is 3.04. The fraction of sp³-hybridized carbons (Fsp3) is 0.778. The average molecular weight is 433 g/mol. The predicted octanol–water partition coefficient (Wildman–Crippen LogP) is 4.88. The normalized spacial score (nSPS) is 38.0. The summed E-state index contributed by atoms with van der Waals surface area (Å²) in [5.74, 6) is 0.317. The predicted molar refractivity (Wildman–Crippen MR) is 125 cm³/mol. The second-order valence-corrected chi connectivity index (χ2v) is 11.3. The Bertz CT molecular complexity index is 719. The Morgan fingerprint density at radius 2 is 1.84 bits per heavy atom. The van der Waals surface area contributed by atoms with Gasteiger partial charge in [-0.3, -0.25) is 0 Å². The summed E-state index contributed by atoms with van der Waals surface area (Å²) in [5, 5.41) is 40.5. The van der Waals surface area contributed by atoms with E-state index in [4.69, 9.17) is 0 Å². The molecule has 0 aromatic rings. The first-order valence-corrected chi connectivity index (χ1v) is 12.3. The summed E-state index contributed by atoms with van der Waals surface area (Å²) in [5.41, 5.74) is 3.11. The molecule has 3 aliphatic rings. The lowest BCUT2D eigenvalue weighted by Crippen LogP contribution is -2.39. The topological polar surface area (TPSA) is 80.9 Å². The second-order valence-electron chi connectivity index (χ2n) is 11.3. The van der Waals surface area contributed by atoms with E-state index in [1.165, 1.54) is 31.3 Å². The van der Waals surface area contributed by atoms with Gasteiger partial charge in [-0.1, -0.05) is 52.0 Å². The van der Waals surface area contributed by atoms with Gasteiger partial charge in [0.2, 0.25) is 0 Å². The van der Waals surface area contributed by atoms with Crippen LogP contribution in [0, 0.1) is 29.1 Å². The van der Waals surface area contributed by atoms with Gasteiger partial charge in [0, 0.05) is 12.8 Å². The SMILES string of the molecule is C=C1/C(=C\C=C2CCC[C@@]3(C)C2CC[C@@H]3[C@H](C)CCC(O)C(C)C)CC(O)(O)C[C@H]1O. The zero-order valence-electron chi connectivity index (χ0n) is 20.0. The maximum Gasteiger partial charge on any atom is 0.169 e. The molecule has 176 valence electrons. The fourth-order valence-corrected chi connectivity index (χ4v) is 6.69. The molecule has 4 nitrogen and oxygen atoms in total. The quantitative estimate of drug-likeness (QED) is 0.451. The zero-order valence-corrected chi connectivity index (χ0v) is 20.0. The van der Waals surface area contributed by atoms with Gasteiger partial charge in [0.05, 0.1) is 12.2 Å². The van der Waals surface area contributed by atoms with Gasteiger partial charge in [-0.15, -0.1) is 0 Å². The number of aliphatic hydroxyl groups excluding tert-OH is 2. The third kappa shape index (κ3) is 5.35. The van der Waals surface area contributed by atoms with E-state index >= 15 is 0 Å². The summed E-state index contributed by atoms with van der Waals surface area (Å²) in [6.07, 6.45) is 11.1. The van der Waals surface area contributed by atoms with Gasteiger partial charge in [-0.2, -0.15) is 0 Å². The fourth-order valence-electron chi connectivity index (χ4n) is 6.69. The molecule has 0 saturated heterocycles. The molecule has 0 aromatic heterocycles. The van der Waals surface area contributed by atoms with Crippen molar-refractivity contribution in [1.29, 1.82) is 0 Å². The Morgan fingerprint density at radius 3 is 2.52 bits per heavy atom. The minimum absolute atomic E-state index is 0.0779. The molecule has 0 amide bonds. The highest BCUT2D eigenvalue weighted by Gasteiger charge is 2.50.